The summed E-state index contributed by atoms with van der Waals surface area (Å²) >= 11 is 6.03. The van der Waals surface area contributed by atoms with Crippen molar-refractivity contribution in [1.82, 2.24) is 4.98 Å². The normalized spacial score (nSPS) is 10.7. The molecule has 0 aromatic carbocycles. The number of rotatable bonds is 3. The summed E-state index contributed by atoms with van der Waals surface area (Å²) in [6.45, 7) is 4.11. The summed E-state index contributed by atoms with van der Waals surface area (Å²) in [6.07, 6.45) is 1.64. The molecule has 1 aromatic rings. The van der Waals surface area contributed by atoms with E-state index in [1.165, 1.54) is 0 Å². The molecular formula is C10H15ClN2O. The van der Waals surface area contributed by atoms with Gasteiger partial charge in [-0.3, -0.25) is 0 Å². The standard InChI is InChI=1S/C10H15ClN2O/c1-7(2)13(3)10-9(11)4-8(6-14)5-12-10/h4-5,7,14H,6H2,1-3H3. The van der Waals surface area contributed by atoms with Crippen molar-refractivity contribution in [3.05, 3.63) is 22.8 Å². The molecule has 4 heteroatoms. The molecule has 1 aromatic heterocycles. The molecule has 3 nitrogen and oxygen atoms in total. The fourth-order valence-corrected chi connectivity index (χ4v) is 1.38. The Hall–Kier alpha value is -0.800. The predicted molar refractivity (Wildman–Crippen MR) is 58.7 cm³/mol. The van der Waals surface area contributed by atoms with Crippen LogP contribution in [0.1, 0.15) is 19.4 Å². The van der Waals surface area contributed by atoms with Gasteiger partial charge in [-0.2, -0.15) is 0 Å². The van der Waals surface area contributed by atoms with Crippen LogP contribution in [0.15, 0.2) is 12.3 Å². The lowest BCUT2D eigenvalue weighted by Gasteiger charge is -2.23. The molecule has 0 saturated heterocycles. The zero-order valence-corrected chi connectivity index (χ0v) is 9.41. The topological polar surface area (TPSA) is 36.4 Å². The Bertz CT molecular complexity index is 315. The molecule has 78 valence electrons. The van der Waals surface area contributed by atoms with E-state index in [-0.39, 0.29) is 6.61 Å². The summed E-state index contributed by atoms with van der Waals surface area (Å²) in [5.74, 6) is 0.749. The van der Waals surface area contributed by atoms with Crippen LogP contribution in [0.25, 0.3) is 0 Å². The molecule has 0 saturated carbocycles. The number of hydrogen-bond donors (Lipinski definition) is 1. The molecule has 14 heavy (non-hydrogen) atoms. The molecule has 1 heterocycles. The molecule has 0 unspecified atom stereocenters. The molecule has 0 radical (unpaired) electrons. The molecule has 1 rings (SSSR count). The second-order valence-electron chi connectivity index (χ2n) is 3.51. The third kappa shape index (κ3) is 2.36. The van der Waals surface area contributed by atoms with Gasteiger partial charge in [-0.15, -0.1) is 0 Å². The largest absolute Gasteiger partial charge is 0.392 e. The van der Waals surface area contributed by atoms with Gasteiger partial charge in [-0.05, 0) is 25.5 Å². The molecule has 0 atom stereocenters. The second kappa shape index (κ2) is 4.62. The molecule has 0 aliphatic heterocycles. The predicted octanol–water partition coefficient (Wildman–Crippen LogP) is 2.07. The van der Waals surface area contributed by atoms with E-state index in [4.69, 9.17) is 16.7 Å². The summed E-state index contributed by atoms with van der Waals surface area (Å²) in [5, 5.41) is 9.47. The van der Waals surface area contributed by atoms with Crippen LogP contribution in [0.4, 0.5) is 5.82 Å². The van der Waals surface area contributed by atoms with Gasteiger partial charge in [0.05, 0.1) is 11.6 Å². The van der Waals surface area contributed by atoms with Gasteiger partial charge in [-0.1, -0.05) is 11.6 Å². The van der Waals surface area contributed by atoms with Crippen LogP contribution in [-0.2, 0) is 6.61 Å². The van der Waals surface area contributed by atoms with Crippen LogP contribution in [0.3, 0.4) is 0 Å². The molecule has 0 amide bonds. The van der Waals surface area contributed by atoms with Gasteiger partial charge in [0, 0.05) is 19.3 Å². The summed E-state index contributed by atoms with van der Waals surface area (Å²) < 4.78 is 0. The molecule has 0 bridgehead atoms. The maximum Gasteiger partial charge on any atom is 0.147 e. The lowest BCUT2D eigenvalue weighted by molar-refractivity contribution is 0.281. The first-order valence-electron chi connectivity index (χ1n) is 4.54. The average Bonchev–Trinajstić information content (AvgIpc) is 2.16. The number of aliphatic hydroxyl groups is 1. The van der Waals surface area contributed by atoms with Crippen molar-refractivity contribution in [1.29, 1.82) is 0 Å². The van der Waals surface area contributed by atoms with E-state index in [2.05, 4.69) is 18.8 Å². The van der Waals surface area contributed by atoms with Crippen LogP contribution in [-0.4, -0.2) is 23.2 Å². The first kappa shape index (κ1) is 11.3. The summed E-state index contributed by atoms with van der Waals surface area (Å²) in [7, 11) is 1.94. The highest BCUT2D eigenvalue weighted by Crippen LogP contribution is 2.24. The van der Waals surface area contributed by atoms with Crippen LogP contribution < -0.4 is 4.90 Å². The minimum absolute atomic E-state index is 0.0294. The number of halogens is 1. The monoisotopic (exact) mass is 214 g/mol. The number of anilines is 1. The third-order valence-corrected chi connectivity index (χ3v) is 2.45. The lowest BCUT2D eigenvalue weighted by atomic mass is 10.2. The Kier molecular flexibility index (Phi) is 3.72. The lowest BCUT2D eigenvalue weighted by Crippen LogP contribution is -2.26. The number of hydrogen-bond acceptors (Lipinski definition) is 3. The Morgan fingerprint density at radius 1 is 1.57 bits per heavy atom. The van der Waals surface area contributed by atoms with E-state index < -0.39 is 0 Å². The highest BCUT2D eigenvalue weighted by atomic mass is 35.5. The zero-order valence-electron chi connectivity index (χ0n) is 8.66. The van der Waals surface area contributed by atoms with Crippen molar-refractivity contribution >= 4 is 17.4 Å². The maximum absolute atomic E-state index is 8.89. The summed E-state index contributed by atoms with van der Waals surface area (Å²) in [5.41, 5.74) is 0.732. The molecular weight excluding hydrogens is 200 g/mol. The van der Waals surface area contributed by atoms with Gasteiger partial charge >= 0.3 is 0 Å². The van der Waals surface area contributed by atoms with Crippen molar-refractivity contribution in [3.8, 4) is 0 Å². The van der Waals surface area contributed by atoms with Crippen LogP contribution in [0, 0.1) is 0 Å². The van der Waals surface area contributed by atoms with Crippen molar-refractivity contribution in [2.45, 2.75) is 26.5 Å². The maximum atomic E-state index is 8.89. The van der Waals surface area contributed by atoms with Gasteiger partial charge in [0.15, 0.2) is 0 Å². The van der Waals surface area contributed by atoms with Crippen molar-refractivity contribution in [3.63, 3.8) is 0 Å². The van der Waals surface area contributed by atoms with E-state index >= 15 is 0 Å². The van der Waals surface area contributed by atoms with Crippen LogP contribution >= 0.6 is 11.6 Å². The highest BCUT2D eigenvalue weighted by molar-refractivity contribution is 6.33. The van der Waals surface area contributed by atoms with Gasteiger partial charge < -0.3 is 10.0 Å². The minimum atomic E-state index is -0.0294. The average molecular weight is 215 g/mol. The third-order valence-electron chi connectivity index (χ3n) is 2.17. The molecule has 0 aliphatic rings. The Morgan fingerprint density at radius 2 is 2.21 bits per heavy atom. The number of pyridine rings is 1. The van der Waals surface area contributed by atoms with Crippen molar-refractivity contribution < 1.29 is 5.11 Å². The Balaban J connectivity index is 2.99. The molecule has 1 N–H and O–H groups in total. The van der Waals surface area contributed by atoms with Gasteiger partial charge in [0.1, 0.15) is 5.82 Å². The summed E-state index contributed by atoms with van der Waals surface area (Å²) in [4.78, 5) is 6.19. The Labute approximate surface area is 89.3 Å². The fourth-order valence-electron chi connectivity index (χ4n) is 1.06. The summed E-state index contributed by atoms with van der Waals surface area (Å²) in [6, 6.07) is 2.09. The first-order valence-corrected chi connectivity index (χ1v) is 4.92. The van der Waals surface area contributed by atoms with Crippen molar-refractivity contribution in [2.75, 3.05) is 11.9 Å². The van der Waals surface area contributed by atoms with Gasteiger partial charge in [0.25, 0.3) is 0 Å². The van der Waals surface area contributed by atoms with Crippen LogP contribution in [0.2, 0.25) is 5.02 Å². The zero-order chi connectivity index (χ0) is 10.7. The van der Waals surface area contributed by atoms with E-state index in [0.717, 1.165) is 11.4 Å². The quantitative estimate of drug-likeness (QED) is 0.837. The van der Waals surface area contributed by atoms with E-state index in [9.17, 15) is 0 Å². The van der Waals surface area contributed by atoms with Crippen molar-refractivity contribution in [2.24, 2.45) is 0 Å². The smallest absolute Gasteiger partial charge is 0.147 e. The Morgan fingerprint density at radius 3 is 2.64 bits per heavy atom. The highest BCUT2D eigenvalue weighted by Gasteiger charge is 2.10. The van der Waals surface area contributed by atoms with E-state index in [1.54, 1.807) is 12.3 Å². The molecule has 0 fully saturated rings. The van der Waals surface area contributed by atoms with Gasteiger partial charge in [0.2, 0.25) is 0 Å². The number of aliphatic hydroxyl groups excluding tert-OH is 1. The number of nitrogens with zero attached hydrogens (tertiary/aromatic N) is 2. The van der Waals surface area contributed by atoms with E-state index in [1.807, 2.05) is 11.9 Å². The molecule has 0 aliphatic carbocycles. The second-order valence-corrected chi connectivity index (χ2v) is 3.92. The van der Waals surface area contributed by atoms with Gasteiger partial charge in [-0.25, -0.2) is 4.98 Å². The first-order chi connectivity index (χ1) is 6.56. The number of aromatic nitrogens is 1. The fraction of sp³-hybridized carbons (Fsp3) is 0.500. The van der Waals surface area contributed by atoms with E-state index in [0.29, 0.717) is 11.1 Å². The minimum Gasteiger partial charge on any atom is -0.392 e. The SMILES string of the molecule is CC(C)N(C)c1ncc(CO)cc1Cl. The van der Waals surface area contributed by atoms with Crippen LogP contribution in [0.5, 0.6) is 0 Å². The molecule has 0 spiro atoms.